The summed E-state index contributed by atoms with van der Waals surface area (Å²) in [6.45, 7) is 6.55. The Balaban J connectivity index is 2.37. The lowest BCUT2D eigenvalue weighted by atomic mass is 10.2. The monoisotopic (exact) mass is 269 g/mol. The van der Waals surface area contributed by atoms with Crippen LogP contribution in [-0.2, 0) is 4.74 Å². The maximum Gasteiger partial charge on any atom is 0.373 e. The highest BCUT2D eigenvalue weighted by atomic mass is 32.2. The van der Waals surface area contributed by atoms with Crippen LogP contribution < -0.4 is 5.32 Å². The molecule has 0 amide bonds. The lowest BCUT2D eigenvalue weighted by molar-refractivity contribution is 0.0562. The van der Waals surface area contributed by atoms with Gasteiger partial charge in [0.25, 0.3) is 0 Å². The van der Waals surface area contributed by atoms with Crippen molar-refractivity contribution in [3.8, 4) is 0 Å². The first-order valence-electron chi connectivity index (χ1n) is 5.79. The van der Waals surface area contributed by atoms with Gasteiger partial charge in [0.05, 0.1) is 13.2 Å². The van der Waals surface area contributed by atoms with Crippen molar-refractivity contribution in [2.75, 3.05) is 25.2 Å². The summed E-state index contributed by atoms with van der Waals surface area (Å²) in [4.78, 5) is 11.2. The summed E-state index contributed by atoms with van der Waals surface area (Å²) in [6.07, 6.45) is 1.89. The Bertz CT molecular complexity index is 389. The molecule has 0 spiro atoms. The minimum atomic E-state index is -0.449. The second kappa shape index (κ2) is 8.00. The van der Waals surface area contributed by atoms with Crippen LogP contribution in [0.3, 0.4) is 0 Å². The van der Waals surface area contributed by atoms with Gasteiger partial charge in [0.1, 0.15) is 5.76 Å². The summed E-state index contributed by atoms with van der Waals surface area (Å²) in [7, 11) is 1.34. The zero-order valence-corrected chi connectivity index (χ0v) is 11.6. The zero-order valence-electron chi connectivity index (χ0n) is 10.8. The van der Waals surface area contributed by atoms with Crippen LogP contribution in [0.15, 0.2) is 29.2 Å². The third-order valence-corrected chi connectivity index (χ3v) is 3.34. The third kappa shape index (κ3) is 4.58. The molecule has 1 aromatic rings. The molecule has 0 saturated heterocycles. The summed E-state index contributed by atoms with van der Waals surface area (Å²) in [5.74, 6) is 2.51. The number of thioether (sulfide) groups is 1. The van der Waals surface area contributed by atoms with Gasteiger partial charge in [0, 0.05) is 18.1 Å². The fourth-order valence-corrected chi connectivity index (χ4v) is 2.01. The number of hydrogen-bond acceptors (Lipinski definition) is 5. The molecule has 0 aliphatic carbocycles. The Kier molecular flexibility index (Phi) is 6.60. The van der Waals surface area contributed by atoms with Crippen LogP contribution in [0, 0.1) is 0 Å². The largest absolute Gasteiger partial charge is 0.463 e. The van der Waals surface area contributed by atoms with Crippen molar-refractivity contribution < 1.29 is 13.9 Å². The lowest BCUT2D eigenvalue weighted by Gasteiger charge is -2.10. The van der Waals surface area contributed by atoms with Crippen molar-refractivity contribution >= 4 is 17.7 Å². The van der Waals surface area contributed by atoms with E-state index in [4.69, 9.17) is 4.42 Å². The molecule has 1 atom stereocenters. The molecule has 0 aliphatic heterocycles. The molecule has 100 valence electrons. The molecule has 1 aromatic heterocycles. The number of rotatable bonds is 8. The molecule has 1 unspecified atom stereocenters. The van der Waals surface area contributed by atoms with Gasteiger partial charge in [0.2, 0.25) is 5.76 Å². The molecule has 0 fully saturated rings. The Morgan fingerprint density at radius 3 is 3.11 bits per heavy atom. The van der Waals surface area contributed by atoms with Gasteiger partial charge in [-0.05, 0) is 19.1 Å². The smallest absolute Gasteiger partial charge is 0.373 e. The summed E-state index contributed by atoms with van der Waals surface area (Å²) in [5.41, 5.74) is 0. The Labute approximate surface area is 112 Å². The van der Waals surface area contributed by atoms with E-state index in [1.54, 1.807) is 12.1 Å². The zero-order chi connectivity index (χ0) is 13.4. The molecule has 0 bridgehead atoms. The van der Waals surface area contributed by atoms with Crippen LogP contribution >= 0.6 is 11.8 Å². The van der Waals surface area contributed by atoms with Crippen LogP contribution in [0.1, 0.15) is 29.3 Å². The van der Waals surface area contributed by atoms with Crippen molar-refractivity contribution in [1.29, 1.82) is 0 Å². The van der Waals surface area contributed by atoms with E-state index in [-0.39, 0.29) is 11.8 Å². The molecule has 1 heterocycles. The number of carbonyl (C=O) groups is 1. The Hall–Kier alpha value is -1.20. The number of esters is 1. The number of methoxy groups -OCH3 is 1. The third-order valence-electron chi connectivity index (χ3n) is 2.37. The molecule has 0 aliphatic rings. The maximum atomic E-state index is 11.2. The minimum absolute atomic E-state index is 0.0766. The van der Waals surface area contributed by atoms with Gasteiger partial charge < -0.3 is 14.5 Å². The Morgan fingerprint density at radius 1 is 1.67 bits per heavy atom. The second-order valence-electron chi connectivity index (χ2n) is 3.73. The van der Waals surface area contributed by atoms with Crippen LogP contribution in [0.25, 0.3) is 0 Å². The van der Waals surface area contributed by atoms with E-state index in [1.165, 1.54) is 7.11 Å². The fourth-order valence-electron chi connectivity index (χ4n) is 1.41. The topological polar surface area (TPSA) is 51.5 Å². The number of nitrogens with one attached hydrogen (secondary N) is 1. The van der Waals surface area contributed by atoms with Gasteiger partial charge in [-0.15, -0.1) is 6.58 Å². The summed E-state index contributed by atoms with van der Waals surface area (Å²) >= 11 is 1.82. The van der Waals surface area contributed by atoms with Crippen molar-refractivity contribution in [2.45, 2.75) is 13.0 Å². The first-order chi connectivity index (χ1) is 8.69. The van der Waals surface area contributed by atoms with E-state index >= 15 is 0 Å². The Morgan fingerprint density at radius 2 is 2.44 bits per heavy atom. The van der Waals surface area contributed by atoms with E-state index in [2.05, 4.69) is 16.6 Å². The molecule has 18 heavy (non-hydrogen) atoms. The van der Waals surface area contributed by atoms with Crippen LogP contribution in [0.2, 0.25) is 0 Å². The molecule has 5 heteroatoms. The lowest BCUT2D eigenvalue weighted by Crippen LogP contribution is -2.21. The normalized spacial score (nSPS) is 12.1. The number of hydrogen-bond donors (Lipinski definition) is 1. The van der Waals surface area contributed by atoms with Gasteiger partial charge in [-0.3, -0.25) is 0 Å². The van der Waals surface area contributed by atoms with Crippen molar-refractivity contribution in [3.05, 3.63) is 36.3 Å². The van der Waals surface area contributed by atoms with Crippen LogP contribution in [0.5, 0.6) is 0 Å². The van der Waals surface area contributed by atoms with Gasteiger partial charge in [0.15, 0.2) is 0 Å². The standard InChI is InChI=1S/C13H19NO3S/c1-4-8-18-9-7-14-10(2)11-5-6-12(17-11)13(15)16-3/h4-6,10,14H,1,7-9H2,2-3H3. The molecule has 0 radical (unpaired) electrons. The van der Waals surface area contributed by atoms with Crippen LogP contribution in [0.4, 0.5) is 0 Å². The first-order valence-corrected chi connectivity index (χ1v) is 6.94. The summed E-state index contributed by atoms with van der Waals surface area (Å²) in [5, 5.41) is 3.33. The average molecular weight is 269 g/mol. The van der Waals surface area contributed by atoms with E-state index < -0.39 is 5.97 Å². The molecular weight excluding hydrogens is 250 g/mol. The fraction of sp³-hybridized carbons (Fsp3) is 0.462. The highest BCUT2D eigenvalue weighted by Gasteiger charge is 2.14. The molecule has 1 N–H and O–H groups in total. The summed E-state index contributed by atoms with van der Waals surface area (Å²) in [6, 6.07) is 3.50. The quantitative estimate of drug-likeness (QED) is 0.446. The molecule has 0 saturated carbocycles. The average Bonchev–Trinajstić information content (AvgIpc) is 2.87. The number of furan rings is 1. The summed E-state index contributed by atoms with van der Waals surface area (Å²) < 4.78 is 10.0. The molecule has 1 rings (SSSR count). The van der Waals surface area contributed by atoms with Crippen molar-refractivity contribution in [3.63, 3.8) is 0 Å². The van der Waals surface area contributed by atoms with E-state index in [0.717, 1.165) is 23.8 Å². The van der Waals surface area contributed by atoms with E-state index in [9.17, 15) is 4.79 Å². The minimum Gasteiger partial charge on any atom is -0.463 e. The van der Waals surface area contributed by atoms with Gasteiger partial charge in [-0.25, -0.2) is 4.79 Å². The van der Waals surface area contributed by atoms with Crippen molar-refractivity contribution in [1.82, 2.24) is 5.32 Å². The van der Waals surface area contributed by atoms with E-state index in [1.807, 2.05) is 24.8 Å². The molecular formula is C13H19NO3S. The molecule has 4 nitrogen and oxygen atoms in total. The van der Waals surface area contributed by atoms with E-state index in [0.29, 0.717) is 0 Å². The highest BCUT2D eigenvalue weighted by molar-refractivity contribution is 7.99. The number of carbonyl (C=O) groups excluding carboxylic acids is 1. The van der Waals surface area contributed by atoms with Gasteiger partial charge in [-0.1, -0.05) is 6.08 Å². The first kappa shape index (κ1) is 14.9. The highest BCUT2D eigenvalue weighted by Crippen LogP contribution is 2.16. The SMILES string of the molecule is C=CCSCCNC(C)c1ccc(C(=O)OC)o1. The van der Waals surface area contributed by atoms with Gasteiger partial charge >= 0.3 is 5.97 Å². The second-order valence-corrected chi connectivity index (χ2v) is 4.88. The maximum absolute atomic E-state index is 11.2. The molecule has 0 aromatic carbocycles. The predicted molar refractivity (Wildman–Crippen MR) is 74.0 cm³/mol. The van der Waals surface area contributed by atoms with Gasteiger partial charge in [-0.2, -0.15) is 11.8 Å². The van der Waals surface area contributed by atoms with Crippen molar-refractivity contribution in [2.24, 2.45) is 0 Å². The van der Waals surface area contributed by atoms with Crippen LogP contribution in [-0.4, -0.2) is 31.1 Å². The number of ether oxygens (including phenoxy) is 1. The predicted octanol–water partition coefficient (Wildman–Crippen LogP) is 2.64.